The van der Waals surface area contributed by atoms with Gasteiger partial charge in [-0.3, -0.25) is 0 Å². The highest BCUT2D eigenvalue weighted by atomic mass is 19.1. The molecular formula is C21H29FN4O. The zero-order valence-corrected chi connectivity index (χ0v) is 16.1. The van der Waals surface area contributed by atoms with E-state index in [-0.39, 0.29) is 5.82 Å². The van der Waals surface area contributed by atoms with Crippen LogP contribution in [0.4, 0.5) is 4.39 Å². The largest absolute Gasteiger partial charge is 0.334 e. The van der Waals surface area contributed by atoms with Gasteiger partial charge in [0.05, 0.1) is 0 Å². The first kappa shape index (κ1) is 18.6. The molecule has 6 heteroatoms. The summed E-state index contributed by atoms with van der Waals surface area (Å²) in [5.41, 5.74) is 0.765. The molecule has 2 aliphatic rings. The van der Waals surface area contributed by atoms with Gasteiger partial charge in [0.15, 0.2) is 5.82 Å². The Balaban J connectivity index is 1.23. The normalized spacial score (nSPS) is 21.0. The van der Waals surface area contributed by atoms with E-state index in [1.165, 1.54) is 64.0 Å². The van der Waals surface area contributed by atoms with Crippen LogP contribution in [0.1, 0.15) is 37.9 Å². The Morgan fingerprint density at radius 1 is 1.04 bits per heavy atom. The summed E-state index contributed by atoms with van der Waals surface area (Å²) < 4.78 is 18.4. The molecule has 2 fully saturated rings. The molecule has 2 aliphatic heterocycles. The van der Waals surface area contributed by atoms with Gasteiger partial charge in [-0.2, -0.15) is 4.98 Å². The SMILES string of the molecule is CN1CCC(N2CCC(CCc3noc(-c4ccc(F)cc4)n3)CC2)CC1. The lowest BCUT2D eigenvalue weighted by atomic mass is 9.90. The molecule has 0 unspecified atom stereocenters. The van der Waals surface area contributed by atoms with E-state index in [4.69, 9.17) is 4.52 Å². The first-order valence-electron chi connectivity index (χ1n) is 10.2. The maximum atomic E-state index is 13.0. The second-order valence-corrected chi connectivity index (χ2v) is 8.08. The fourth-order valence-electron chi connectivity index (χ4n) is 4.37. The smallest absolute Gasteiger partial charge is 0.257 e. The molecule has 1 aromatic carbocycles. The zero-order valence-electron chi connectivity index (χ0n) is 16.1. The summed E-state index contributed by atoms with van der Waals surface area (Å²) in [7, 11) is 2.22. The lowest BCUT2D eigenvalue weighted by Crippen LogP contribution is -2.46. The fraction of sp³-hybridized carbons (Fsp3) is 0.619. The number of aryl methyl sites for hydroxylation is 1. The standard InChI is InChI=1S/C21H29FN4O/c1-25-12-10-19(11-13-25)26-14-8-16(9-15-26)2-7-20-23-21(27-24-20)17-3-5-18(22)6-4-17/h3-6,16,19H,2,7-15H2,1H3. The molecule has 1 aromatic heterocycles. The number of nitrogens with zero attached hydrogens (tertiary/aromatic N) is 4. The van der Waals surface area contributed by atoms with E-state index in [1.807, 2.05) is 0 Å². The minimum atomic E-state index is -0.259. The Morgan fingerprint density at radius 2 is 1.74 bits per heavy atom. The van der Waals surface area contributed by atoms with Crippen LogP contribution in [-0.4, -0.2) is 59.2 Å². The Kier molecular flexibility index (Phi) is 5.83. The predicted octanol–water partition coefficient (Wildman–Crippen LogP) is 3.61. The number of aromatic nitrogens is 2. The molecule has 5 nitrogen and oxygen atoms in total. The van der Waals surface area contributed by atoms with Crippen LogP contribution < -0.4 is 0 Å². The monoisotopic (exact) mass is 372 g/mol. The van der Waals surface area contributed by atoms with E-state index in [9.17, 15) is 4.39 Å². The number of rotatable bonds is 5. The third kappa shape index (κ3) is 4.74. The molecule has 0 saturated carbocycles. The maximum absolute atomic E-state index is 13.0. The van der Waals surface area contributed by atoms with Crippen LogP contribution >= 0.6 is 0 Å². The number of hydrogen-bond acceptors (Lipinski definition) is 5. The number of likely N-dealkylation sites (tertiary alicyclic amines) is 2. The van der Waals surface area contributed by atoms with E-state index in [1.54, 1.807) is 12.1 Å². The summed E-state index contributed by atoms with van der Waals surface area (Å²) in [6.45, 7) is 4.93. The van der Waals surface area contributed by atoms with Crippen LogP contribution in [0.2, 0.25) is 0 Å². The van der Waals surface area contributed by atoms with Crippen molar-refractivity contribution in [2.24, 2.45) is 5.92 Å². The van der Waals surface area contributed by atoms with Gasteiger partial charge in [-0.1, -0.05) is 5.16 Å². The molecule has 0 spiro atoms. The van der Waals surface area contributed by atoms with Gasteiger partial charge in [-0.25, -0.2) is 4.39 Å². The van der Waals surface area contributed by atoms with Crippen molar-refractivity contribution < 1.29 is 8.91 Å². The van der Waals surface area contributed by atoms with E-state index < -0.39 is 0 Å². The third-order valence-corrected chi connectivity index (χ3v) is 6.19. The van der Waals surface area contributed by atoms with Crippen LogP contribution in [0.3, 0.4) is 0 Å². The van der Waals surface area contributed by atoms with Crippen molar-refractivity contribution in [3.05, 3.63) is 35.9 Å². The molecule has 27 heavy (non-hydrogen) atoms. The Labute approximate surface area is 160 Å². The van der Waals surface area contributed by atoms with E-state index in [0.29, 0.717) is 5.89 Å². The highest BCUT2D eigenvalue weighted by molar-refractivity contribution is 5.52. The zero-order chi connectivity index (χ0) is 18.6. The van der Waals surface area contributed by atoms with Crippen LogP contribution in [0, 0.1) is 11.7 Å². The van der Waals surface area contributed by atoms with Gasteiger partial charge < -0.3 is 14.3 Å². The molecule has 0 amide bonds. The molecule has 146 valence electrons. The summed E-state index contributed by atoms with van der Waals surface area (Å²) >= 11 is 0. The predicted molar refractivity (Wildman–Crippen MR) is 103 cm³/mol. The minimum Gasteiger partial charge on any atom is -0.334 e. The van der Waals surface area contributed by atoms with Crippen molar-refractivity contribution in [2.75, 3.05) is 33.2 Å². The lowest BCUT2D eigenvalue weighted by molar-refractivity contribution is 0.0837. The van der Waals surface area contributed by atoms with Crippen LogP contribution in [-0.2, 0) is 6.42 Å². The molecule has 2 saturated heterocycles. The Hall–Kier alpha value is -1.79. The first-order valence-corrected chi connectivity index (χ1v) is 10.2. The first-order chi connectivity index (χ1) is 13.2. The van der Waals surface area contributed by atoms with Gasteiger partial charge in [-0.15, -0.1) is 0 Å². The molecule has 0 aliphatic carbocycles. The second kappa shape index (κ2) is 8.48. The van der Waals surface area contributed by atoms with Gasteiger partial charge in [0, 0.05) is 18.0 Å². The average molecular weight is 372 g/mol. The molecular weight excluding hydrogens is 343 g/mol. The molecule has 0 atom stereocenters. The van der Waals surface area contributed by atoms with Gasteiger partial charge in [0.25, 0.3) is 5.89 Å². The van der Waals surface area contributed by atoms with Gasteiger partial charge >= 0.3 is 0 Å². The third-order valence-electron chi connectivity index (χ3n) is 6.19. The Morgan fingerprint density at radius 3 is 2.44 bits per heavy atom. The van der Waals surface area contributed by atoms with Crippen molar-refractivity contribution in [3.63, 3.8) is 0 Å². The van der Waals surface area contributed by atoms with Crippen LogP contribution in [0.25, 0.3) is 11.5 Å². The average Bonchev–Trinajstić information content (AvgIpc) is 3.17. The van der Waals surface area contributed by atoms with Crippen molar-refractivity contribution in [1.29, 1.82) is 0 Å². The molecule has 0 N–H and O–H groups in total. The number of piperidine rings is 2. The molecule has 3 heterocycles. The molecule has 0 radical (unpaired) electrons. The van der Waals surface area contributed by atoms with Crippen molar-refractivity contribution in [3.8, 4) is 11.5 Å². The summed E-state index contributed by atoms with van der Waals surface area (Å²) in [5.74, 6) is 1.72. The summed E-state index contributed by atoms with van der Waals surface area (Å²) in [6, 6.07) is 6.96. The number of halogens is 1. The second-order valence-electron chi connectivity index (χ2n) is 8.08. The van der Waals surface area contributed by atoms with E-state index >= 15 is 0 Å². The maximum Gasteiger partial charge on any atom is 0.257 e. The van der Waals surface area contributed by atoms with Gasteiger partial charge in [0.1, 0.15) is 5.82 Å². The van der Waals surface area contributed by atoms with Crippen molar-refractivity contribution >= 4 is 0 Å². The molecule has 2 aromatic rings. The quantitative estimate of drug-likeness (QED) is 0.802. The minimum absolute atomic E-state index is 0.259. The van der Waals surface area contributed by atoms with Crippen LogP contribution in [0.5, 0.6) is 0 Å². The van der Waals surface area contributed by atoms with Crippen LogP contribution in [0.15, 0.2) is 28.8 Å². The van der Waals surface area contributed by atoms with Gasteiger partial charge in [0.2, 0.25) is 0 Å². The van der Waals surface area contributed by atoms with Gasteiger partial charge in [-0.05, 0) is 95.5 Å². The summed E-state index contributed by atoms with van der Waals surface area (Å²) in [6.07, 6.45) is 7.14. The van der Waals surface area contributed by atoms with Crippen molar-refractivity contribution in [1.82, 2.24) is 19.9 Å². The van der Waals surface area contributed by atoms with E-state index in [2.05, 4.69) is 27.0 Å². The van der Waals surface area contributed by atoms with Crippen molar-refractivity contribution in [2.45, 2.75) is 44.6 Å². The highest BCUT2D eigenvalue weighted by Crippen LogP contribution is 2.26. The summed E-state index contributed by atoms with van der Waals surface area (Å²) in [4.78, 5) is 9.63. The summed E-state index contributed by atoms with van der Waals surface area (Å²) in [5, 5.41) is 4.10. The Bertz CT molecular complexity index is 716. The number of hydrogen-bond donors (Lipinski definition) is 0. The molecule has 0 bridgehead atoms. The fourth-order valence-corrected chi connectivity index (χ4v) is 4.37. The number of benzene rings is 1. The van der Waals surface area contributed by atoms with E-state index in [0.717, 1.165) is 36.2 Å². The molecule has 4 rings (SSSR count). The topological polar surface area (TPSA) is 45.4 Å². The lowest BCUT2D eigenvalue weighted by Gasteiger charge is -2.41. The highest BCUT2D eigenvalue weighted by Gasteiger charge is 2.27.